The monoisotopic (exact) mass is 447 g/mol. The van der Waals surface area contributed by atoms with Gasteiger partial charge in [-0.15, -0.1) is 0 Å². The second-order valence-corrected chi connectivity index (χ2v) is 9.43. The van der Waals surface area contributed by atoms with E-state index in [-0.39, 0.29) is 11.8 Å². The summed E-state index contributed by atoms with van der Waals surface area (Å²) >= 11 is 0. The van der Waals surface area contributed by atoms with Crippen LogP contribution in [0.4, 0.5) is 0 Å². The lowest BCUT2D eigenvalue weighted by molar-refractivity contribution is 0.0658. The third kappa shape index (κ3) is 4.62. The molecule has 1 saturated carbocycles. The Labute approximate surface area is 195 Å². The highest BCUT2D eigenvalue weighted by atomic mass is 16.5. The number of hydrogen-bond acceptors (Lipinski definition) is 4. The summed E-state index contributed by atoms with van der Waals surface area (Å²) in [4.78, 5) is 29.9. The first kappa shape index (κ1) is 22.0. The Bertz CT molecular complexity index is 1010. The van der Waals surface area contributed by atoms with Crippen LogP contribution >= 0.6 is 0 Å². The van der Waals surface area contributed by atoms with Crippen molar-refractivity contribution in [1.82, 2.24) is 15.1 Å². The topological polar surface area (TPSA) is 61.9 Å². The van der Waals surface area contributed by atoms with Crippen molar-refractivity contribution in [2.75, 3.05) is 26.2 Å². The number of carbonyl (C=O) groups excluding carboxylic acids is 2. The van der Waals surface area contributed by atoms with Crippen molar-refractivity contribution in [2.45, 2.75) is 57.5 Å². The SMILES string of the molecule is CCNC(=O)c1ccc(Oc2ccc3c(c2)CCN([C@@H]2CCN(C4CCCC4)C2)C3=O)cc1. The van der Waals surface area contributed by atoms with Crippen LogP contribution in [0.2, 0.25) is 0 Å². The zero-order chi connectivity index (χ0) is 22.8. The maximum absolute atomic E-state index is 13.3. The van der Waals surface area contributed by atoms with Gasteiger partial charge in [-0.05, 0) is 80.6 Å². The lowest BCUT2D eigenvalue weighted by Gasteiger charge is -2.34. The van der Waals surface area contributed by atoms with E-state index in [0.29, 0.717) is 29.6 Å². The molecule has 1 atom stereocenters. The predicted molar refractivity (Wildman–Crippen MR) is 128 cm³/mol. The predicted octanol–water partition coefficient (Wildman–Crippen LogP) is 4.24. The van der Waals surface area contributed by atoms with Gasteiger partial charge in [-0.3, -0.25) is 14.5 Å². The molecule has 0 unspecified atom stereocenters. The molecule has 2 aromatic rings. The highest BCUT2D eigenvalue weighted by Gasteiger charge is 2.36. The third-order valence-electron chi connectivity index (χ3n) is 7.36. The van der Waals surface area contributed by atoms with E-state index in [9.17, 15) is 9.59 Å². The molecule has 0 radical (unpaired) electrons. The maximum atomic E-state index is 13.3. The molecule has 2 aliphatic heterocycles. The molecule has 174 valence electrons. The molecular weight excluding hydrogens is 414 g/mol. The Hall–Kier alpha value is -2.86. The summed E-state index contributed by atoms with van der Waals surface area (Å²) in [5, 5.41) is 2.79. The van der Waals surface area contributed by atoms with Gasteiger partial charge in [0.25, 0.3) is 11.8 Å². The average Bonchev–Trinajstić information content (AvgIpc) is 3.52. The van der Waals surface area contributed by atoms with E-state index in [2.05, 4.69) is 15.1 Å². The van der Waals surface area contributed by atoms with E-state index in [1.807, 2.05) is 25.1 Å². The van der Waals surface area contributed by atoms with Crippen LogP contribution in [-0.4, -0.2) is 59.9 Å². The molecule has 6 nitrogen and oxygen atoms in total. The number of nitrogens with one attached hydrogen (secondary N) is 1. The summed E-state index contributed by atoms with van der Waals surface area (Å²) in [6.45, 7) is 5.42. The lowest BCUT2D eigenvalue weighted by atomic mass is 9.97. The molecule has 2 fully saturated rings. The van der Waals surface area contributed by atoms with Crippen LogP contribution in [0.3, 0.4) is 0 Å². The first-order chi connectivity index (χ1) is 16.1. The Morgan fingerprint density at radius 2 is 1.76 bits per heavy atom. The van der Waals surface area contributed by atoms with Crippen molar-refractivity contribution in [1.29, 1.82) is 0 Å². The molecule has 1 N–H and O–H groups in total. The molecule has 6 heteroatoms. The lowest BCUT2D eigenvalue weighted by Crippen LogP contribution is -2.46. The van der Waals surface area contributed by atoms with Gasteiger partial charge in [-0.1, -0.05) is 12.8 Å². The number of nitrogens with zero attached hydrogens (tertiary/aromatic N) is 2. The van der Waals surface area contributed by atoms with Crippen molar-refractivity contribution in [3.8, 4) is 11.5 Å². The number of carbonyl (C=O) groups is 2. The maximum Gasteiger partial charge on any atom is 0.254 e. The molecule has 1 aliphatic carbocycles. The minimum atomic E-state index is -0.0884. The largest absolute Gasteiger partial charge is 0.457 e. The molecule has 2 aromatic carbocycles. The van der Waals surface area contributed by atoms with Gasteiger partial charge in [-0.25, -0.2) is 0 Å². The van der Waals surface area contributed by atoms with Crippen molar-refractivity contribution < 1.29 is 14.3 Å². The van der Waals surface area contributed by atoms with Crippen molar-refractivity contribution in [3.05, 3.63) is 59.2 Å². The number of hydrogen-bond donors (Lipinski definition) is 1. The number of benzene rings is 2. The van der Waals surface area contributed by atoms with Gasteiger partial charge >= 0.3 is 0 Å². The molecule has 2 heterocycles. The smallest absolute Gasteiger partial charge is 0.254 e. The molecule has 5 rings (SSSR count). The molecule has 3 aliphatic rings. The van der Waals surface area contributed by atoms with Crippen LogP contribution in [0.1, 0.15) is 65.3 Å². The quantitative estimate of drug-likeness (QED) is 0.719. The molecule has 0 aromatic heterocycles. The molecule has 0 bridgehead atoms. The Morgan fingerprint density at radius 1 is 1.00 bits per heavy atom. The van der Waals surface area contributed by atoms with Crippen molar-refractivity contribution in [2.24, 2.45) is 0 Å². The standard InChI is InChI=1S/C27H33N3O3/c1-2-28-26(31)19-7-9-23(10-8-19)33-24-11-12-25-20(17-24)13-16-30(27(25)32)22-14-15-29(18-22)21-5-3-4-6-21/h7-12,17,21-22H,2-6,13-16,18H2,1H3,(H,28,31)/t22-/m1/s1. The fraction of sp³-hybridized carbons (Fsp3) is 0.481. The van der Waals surface area contributed by atoms with E-state index in [1.54, 1.807) is 24.3 Å². The number of amides is 2. The van der Waals surface area contributed by atoms with E-state index in [4.69, 9.17) is 4.74 Å². The van der Waals surface area contributed by atoms with Crippen molar-refractivity contribution >= 4 is 11.8 Å². The summed E-state index contributed by atoms with van der Waals surface area (Å²) in [5.41, 5.74) is 2.47. The second-order valence-electron chi connectivity index (χ2n) is 9.43. The van der Waals surface area contributed by atoms with Gasteiger partial charge in [0.2, 0.25) is 0 Å². The fourth-order valence-corrected chi connectivity index (χ4v) is 5.59. The van der Waals surface area contributed by atoms with Crippen LogP contribution in [0.5, 0.6) is 11.5 Å². The van der Waals surface area contributed by atoms with Crippen LogP contribution in [0.15, 0.2) is 42.5 Å². The van der Waals surface area contributed by atoms with Gasteiger partial charge in [0.1, 0.15) is 11.5 Å². The molecule has 33 heavy (non-hydrogen) atoms. The van der Waals surface area contributed by atoms with E-state index < -0.39 is 0 Å². The zero-order valence-corrected chi connectivity index (χ0v) is 19.4. The fourth-order valence-electron chi connectivity index (χ4n) is 5.59. The summed E-state index contributed by atoms with van der Waals surface area (Å²) in [5.74, 6) is 1.46. The second kappa shape index (κ2) is 9.56. The zero-order valence-electron chi connectivity index (χ0n) is 19.4. The first-order valence-electron chi connectivity index (χ1n) is 12.4. The van der Waals surface area contributed by atoms with E-state index in [1.165, 1.54) is 25.7 Å². The van der Waals surface area contributed by atoms with Gasteiger partial charge in [-0.2, -0.15) is 0 Å². The number of fused-ring (bicyclic) bond motifs is 1. The molecular formula is C27H33N3O3. The number of likely N-dealkylation sites (tertiary alicyclic amines) is 1. The summed E-state index contributed by atoms with van der Waals surface area (Å²) < 4.78 is 6.01. The minimum Gasteiger partial charge on any atom is -0.457 e. The summed E-state index contributed by atoms with van der Waals surface area (Å²) in [7, 11) is 0. The normalized spacial score (nSPS) is 21.3. The van der Waals surface area contributed by atoms with E-state index >= 15 is 0 Å². The van der Waals surface area contributed by atoms with Crippen LogP contribution in [0, 0.1) is 0 Å². The average molecular weight is 448 g/mol. The molecule has 1 saturated heterocycles. The number of ether oxygens (including phenoxy) is 1. The van der Waals surface area contributed by atoms with Crippen LogP contribution in [-0.2, 0) is 6.42 Å². The highest BCUT2D eigenvalue weighted by molar-refractivity contribution is 5.97. The van der Waals surface area contributed by atoms with Crippen LogP contribution < -0.4 is 10.1 Å². The van der Waals surface area contributed by atoms with Gasteiger partial charge in [0.15, 0.2) is 0 Å². The highest BCUT2D eigenvalue weighted by Crippen LogP contribution is 2.32. The Kier molecular flexibility index (Phi) is 6.36. The molecule has 2 amide bonds. The number of rotatable bonds is 6. The van der Waals surface area contributed by atoms with Gasteiger partial charge < -0.3 is 15.0 Å². The van der Waals surface area contributed by atoms with Gasteiger partial charge in [0, 0.05) is 49.4 Å². The van der Waals surface area contributed by atoms with Crippen molar-refractivity contribution in [3.63, 3.8) is 0 Å². The van der Waals surface area contributed by atoms with Gasteiger partial charge in [0.05, 0.1) is 0 Å². The Balaban J connectivity index is 1.23. The third-order valence-corrected chi connectivity index (χ3v) is 7.36. The summed E-state index contributed by atoms with van der Waals surface area (Å²) in [6.07, 6.45) is 7.29. The van der Waals surface area contributed by atoms with E-state index in [0.717, 1.165) is 49.6 Å². The molecule has 0 spiro atoms. The van der Waals surface area contributed by atoms with Crippen LogP contribution in [0.25, 0.3) is 0 Å². The first-order valence-corrected chi connectivity index (χ1v) is 12.4. The minimum absolute atomic E-state index is 0.0884. The Morgan fingerprint density at radius 3 is 2.52 bits per heavy atom. The summed E-state index contributed by atoms with van der Waals surface area (Å²) in [6, 6.07) is 14.0.